The number of carbonyl (C=O) groups excluding carboxylic acids is 1. The highest BCUT2D eigenvalue weighted by Gasteiger charge is 2.23. The van der Waals surface area contributed by atoms with Crippen LogP contribution in [0.1, 0.15) is 31.5 Å². The van der Waals surface area contributed by atoms with Crippen LogP contribution in [-0.4, -0.2) is 63.6 Å². The van der Waals surface area contributed by atoms with Gasteiger partial charge in [0.05, 0.1) is 19.7 Å². The highest BCUT2D eigenvalue weighted by atomic mass is 16.3. The Labute approximate surface area is 119 Å². The molecule has 0 atom stereocenters. The van der Waals surface area contributed by atoms with E-state index in [9.17, 15) is 4.79 Å². The van der Waals surface area contributed by atoms with E-state index in [0.717, 1.165) is 5.82 Å². The van der Waals surface area contributed by atoms with Crippen LogP contribution in [-0.2, 0) is 11.3 Å². The Morgan fingerprint density at radius 2 is 2.25 bits per heavy atom. The average molecular weight is 280 g/mol. The van der Waals surface area contributed by atoms with Crippen LogP contribution in [0.5, 0.6) is 0 Å². The summed E-state index contributed by atoms with van der Waals surface area (Å²) in [5.41, 5.74) is 0. The van der Waals surface area contributed by atoms with Crippen LogP contribution in [0.15, 0.2) is 12.4 Å². The van der Waals surface area contributed by atoms with E-state index in [1.54, 1.807) is 17.3 Å². The van der Waals surface area contributed by atoms with Crippen LogP contribution in [0.4, 0.5) is 0 Å². The number of amides is 1. The first-order valence-electron chi connectivity index (χ1n) is 7.28. The molecule has 2 rings (SSSR count). The molecule has 6 nitrogen and oxygen atoms in total. The molecule has 112 valence electrons. The molecule has 1 aliphatic rings. The van der Waals surface area contributed by atoms with Crippen LogP contribution < -0.4 is 0 Å². The van der Waals surface area contributed by atoms with Gasteiger partial charge in [0.2, 0.25) is 5.91 Å². The van der Waals surface area contributed by atoms with Crippen molar-refractivity contribution in [3.63, 3.8) is 0 Å². The normalized spacial score (nSPS) is 15.9. The number of nitrogens with one attached hydrogen (secondary N) is 1. The van der Waals surface area contributed by atoms with Gasteiger partial charge >= 0.3 is 0 Å². The topological polar surface area (TPSA) is 72.5 Å². The Bertz CT molecular complexity index is 401. The molecule has 1 heterocycles. The number of H-pyrrole nitrogens is 1. The van der Waals surface area contributed by atoms with Crippen LogP contribution in [0.2, 0.25) is 0 Å². The molecule has 1 aromatic heterocycles. The summed E-state index contributed by atoms with van der Waals surface area (Å²) in [5, 5.41) is 9.12. The molecule has 0 saturated heterocycles. The lowest BCUT2D eigenvalue weighted by Crippen LogP contribution is -2.42. The van der Waals surface area contributed by atoms with E-state index in [1.165, 1.54) is 25.7 Å². The summed E-state index contributed by atoms with van der Waals surface area (Å²) in [5.74, 6) is 0.792. The molecular weight excluding hydrogens is 256 g/mol. The van der Waals surface area contributed by atoms with Crippen molar-refractivity contribution in [2.24, 2.45) is 0 Å². The monoisotopic (exact) mass is 280 g/mol. The van der Waals surface area contributed by atoms with Crippen molar-refractivity contribution < 1.29 is 9.90 Å². The fraction of sp³-hybridized carbons (Fsp3) is 0.714. The number of aliphatic hydroxyl groups excluding tert-OH is 1. The SMILES string of the molecule is CN(CC(=O)N(CCO)Cc1ncc[nH]1)C1CCCC1. The Kier molecular flexibility index (Phi) is 5.55. The molecule has 1 aromatic rings. The van der Waals surface area contributed by atoms with E-state index >= 15 is 0 Å². The highest BCUT2D eigenvalue weighted by Crippen LogP contribution is 2.22. The Morgan fingerprint density at radius 1 is 1.50 bits per heavy atom. The van der Waals surface area contributed by atoms with Crippen molar-refractivity contribution in [1.29, 1.82) is 0 Å². The number of hydrogen-bond donors (Lipinski definition) is 2. The van der Waals surface area contributed by atoms with Gasteiger partial charge in [-0.1, -0.05) is 12.8 Å². The number of hydrogen-bond acceptors (Lipinski definition) is 4. The van der Waals surface area contributed by atoms with Crippen LogP contribution in [0.3, 0.4) is 0 Å². The number of aromatic amines is 1. The zero-order valence-corrected chi connectivity index (χ0v) is 12.1. The molecule has 1 amide bonds. The Morgan fingerprint density at radius 3 is 2.85 bits per heavy atom. The predicted octanol–water partition coefficient (Wildman–Crippen LogP) is 0.605. The molecule has 0 spiro atoms. The second-order valence-electron chi connectivity index (χ2n) is 5.43. The summed E-state index contributed by atoms with van der Waals surface area (Å²) in [6.07, 6.45) is 8.29. The number of aliphatic hydroxyl groups is 1. The number of nitrogens with zero attached hydrogens (tertiary/aromatic N) is 3. The van der Waals surface area contributed by atoms with Crippen molar-refractivity contribution in [3.8, 4) is 0 Å². The summed E-state index contributed by atoms with van der Waals surface area (Å²) in [4.78, 5) is 23.3. The van der Waals surface area contributed by atoms with Crippen molar-refractivity contribution in [2.45, 2.75) is 38.3 Å². The van der Waals surface area contributed by atoms with Gasteiger partial charge in [-0.2, -0.15) is 0 Å². The van der Waals surface area contributed by atoms with Crippen LogP contribution >= 0.6 is 0 Å². The first-order chi connectivity index (χ1) is 9.70. The molecule has 0 aliphatic heterocycles. The number of rotatable bonds is 7. The van der Waals surface area contributed by atoms with Gasteiger partial charge in [-0.25, -0.2) is 4.98 Å². The first kappa shape index (κ1) is 15.0. The van der Waals surface area contributed by atoms with Gasteiger partial charge in [0.25, 0.3) is 0 Å². The fourth-order valence-electron chi connectivity index (χ4n) is 2.77. The molecule has 1 aliphatic carbocycles. The molecule has 0 bridgehead atoms. The molecule has 0 aromatic carbocycles. The van der Waals surface area contributed by atoms with E-state index in [4.69, 9.17) is 5.11 Å². The molecular formula is C14H24N4O2. The molecule has 6 heteroatoms. The van der Waals surface area contributed by atoms with Gasteiger partial charge in [-0.3, -0.25) is 9.69 Å². The zero-order valence-electron chi connectivity index (χ0n) is 12.1. The van der Waals surface area contributed by atoms with Gasteiger partial charge < -0.3 is 15.0 Å². The van der Waals surface area contributed by atoms with Crippen LogP contribution in [0.25, 0.3) is 0 Å². The largest absolute Gasteiger partial charge is 0.395 e. The van der Waals surface area contributed by atoms with Crippen molar-refractivity contribution in [2.75, 3.05) is 26.7 Å². The van der Waals surface area contributed by atoms with E-state index < -0.39 is 0 Å². The molecule has 1 saturated carbocycles. The highest BCUT2D eigenvalue weighted by molar-refractivity contribution is 5.78. The van der Waals surface area contributed by atoms with Gasteiger partial charge in [0.1, 0.15) is 5.82 Å². The maximum atomic E-state index is 12.4. The third kappa shape index (κ3) is 4.05. The van der Waals surface area contributed by atoms with Crippen molar-refractivity contribution in [1.82, 2.24) is 19.8 Å². The van der Waals surface area contributed by atoms with E-state index in [2.05, 4.69) is 14.9 Å². The van der Waals surface area contributed by atoms with Gasteiger partial charge in [0.15, 0.2) is 0 Å². The van der Waals surface area contributed by atoms with Crippen molar-refractivity contribution >= 4 is 5.91 Å². The number of likely N-dealkylation sites (N-methyl/N-ethyl adjacent to an activating group) is 1. The zero-order chi connectivity index (χ0) is 14.4. The summed E-state index contributed by atoms with van der Waals surface area (Å²) in [6, 6.07) is 0.526. The minimum atomic E-state index is -0.0282. The Balaban J connectivity index is 1.88. The lowest BCUT2D eigenvalue weighted by Gasteiger charge is -2.27. The lowest BCUT2D eigenvalue weighted by atomic mass is 10.2. The van der Waals surface area contributed by atoms with Gasteiger partial charge in [-0.15, -0.1) is 0 Å². The fourth-order valence-corrected chi connectivity index (χ4v) is 2.77. The van der Waals surface area contributed by atoms with Crippen LogP contribution in [0, 0.1) is 0 Å². The maximum Gasteiger partial charge on any atom is 0.237 e. The number of imidazole rings is 1. The molecule has 0 radical (unpaired) electrons. The summed E-state index contributed by atoms with van der Waals surface area (Å²) in [6.45, 7) is 1.15. The van der Waals surface area contributed by atoms with E-state index in [-0.39, 0.29) is 12.5 Å². The van der Waals surface area contributed by atoms with Gasteiger partial charge in [0, 0.05) is 25.0 Å². The molecule has 2 N–H and O–H groups in total. The third-order valence-electron chi connectivity index (χ3n) is 3.95. The molecule has 1 fully saturated rings. The minimum Gasteiger partial charge on any atom is -0.395 e. The third-order valence-corrected chi connectivity index (χ3v) is 3.95. The number of aromatic nitrogens is 2. The summed E-state index contributed by atoms with van der Waals surface area (Å²) >= 11 is 0. The average Bonchev–Trinajstić information content (AvgIpc) is 3.11. The molecule has 20 heavy (non-hydrogen) atoms. The smallest absolute Gasteiger partial charge is 0.237 e. The Hall–Kier alpha value is -1.40. The minimum absolute atomic E-state index is 0.0282. The second kappa shape index (κ2) is 7.40. The predicted molar refractivity (Wildman–Crippen MR) is 76.0 cm³/mol. The van der Waals surface area contributed by atoms with Crippen molar-refractivity contribution in [3.05, 3.63) is 18.2 Å². The first-order valence-corrected chi connectivity index (χ1v) is 7.28. The molecule has 0 unspecified atom stereocenters. The van der Waals surface area contributed by atoms with Gasteiger partial charge in [-0.05, 0) is 19.9 Å². The summed E-state index contributed by atoms with van der Waals surface area (Å²) in [7, 11) is 2.01. The quantitative estimate of drug-likeness (QED) is 0.767. The standard InChI is InChI=1S/C14H24N4O2/c1-17(12-4-2-3-5-12)11-14(20)18(8-9-19)10-13-15-6-7-16-13/h6-7,12,19H,2-5,8-11H2,1H3,(H,15,16). The van der Waals surface area contributed by atoms with E-state index in [1.807, 2.05) is 7.05 Å². The maximum absolute atomic E-state index is 12.4. The summed E-state index contributed by atoms with van der Waals surface area (Å²) < 4.78 is 0. The lowest BCUT2D eigenvalue weighted by molar-refractivity contribution is -0.133. The van der Waals surface area contributed by atoms with E-state index in [0.29, 0.717) is 25.7 Å². The number of carbonyl (C=O) groups is 1. The second-order valence-corrected chi connectivity index (χ2v) is 5.43.